The minimum Gasteiger partial charge on any atom is -0.490 e. The van der Waals surface area contributed by atoms with Gasteiger partial charge in [-0.2, -0.15) is 0 Å². The molecule has 0 bridgehead atoms. The van der Waals surface area contributed by atoms with Crippen molar-refractivity contribution < 1.29 is 13.7 Å². The molecule has 1 N–H and O–H groups in total. The normalized spacial score (nSPS) is 24.7. The maximum absolute atomic E-state index is 12.7. The second-order valence-electron chi connectivity index (χ2n) is 11.7. The van der Waals surface area contributed by atoms with Gasteiger partial charge >= 0.3 is 0 Å². The molecule has 4 nitrogen and oxygen atoms in total. The van der Waals surface area contributed by atoms with E-state index in [1.54, 1.807) is 0 Å². The highest BCUT2D eigenvalue weighted by Gasteiger charge is 2.43. The van der Waals surface area contributed by atoms with E-state index in [4.69, 9.17) is 9.47 Å². The van der Waals surface area contributed by atoms with Crippen molar-refractivity contribution in [3.63, 3.8) is 0 Å². The summed E-state index contributed by atoms with van der Waals surface area (Å²) in [7, 11) is -1.16. The van der Waals surface area contributed by atoms with E-state index in [0.717, 1.165) is 30.1 Å². The molecule has 0 aromatic heterocycles. The average Bonchev–Trinajstić information content (AvgIpc) is 2.69. The fourth-order valence-electron chi connectivity index (χ4n) is 4.76. The standard InChI is InChI=1S/C27H39NO3S/c1-25(2,3)21-10-13-23(14-11-21)31-24-12-8-19-15-22(9-7-20(19)16-24)27(17-30-18-27)28-32(29)26(4,5)6/h7-9,12,15-16,21,23,28H,10-11,13-14,17-18H2,1-6H3. The number of ether oxygens (including phenoxy) is 2. The summed E-state index contributed by atoms with van der Waals surface area (Å²) in [5.74, 6) is 1.75. The Bertz CT molecular complexity index is 977. The zero-order valence-corrected chi connectivity index (χ0v) is 21.3. The van der Waals surface area contributed by atoms with Crippen LogP contribution < -0.4 is 9.46 Å². The molecule has 2 aliphatic rings. The average molecular weight is 458 g/mol. The lowest BCUT2D eigenvalue weighted by atomic mass is 9.72. The first-order valence-electron chi connectivity index (χ1n) is 11.9. The summed E-state index contributed by atoms with van der Waals surface area (Å²) in [6.45, 7) is 14.1. The van der Waals surface area contributed by atoms with Crippen LogP contribution in [-0.4, -0.2) is 28.3 Å². The maximum atomic E-state index is 12.7. The van der Waals surface area contributed by atoms with Crippen LogP contribution in [0.2, 0.25) is 0 Å². The molecular weight excluding hydrogens is 418 g/mol. The predicted molar refractivity (Wildman–Crippen MR) is 133 cm³/mol. The van der Waals surface area contributed by atoms with Gasteiger partial charge < -0.3 is 9.47 Å². The summed E-state index contributed by atoms with van der Waals surface area (Å²) in [5, 5.41) is 2.34. The van der Waals surface area contributed by atoms with Crippen molar-refractivity contribution in [2.24, 2.45) is 11.3 Å². The Morgan fingerprint density at radius 2 is 1.56 bits per heavy atom. The van der Waals surface area contributed by atoms with Crippen LogP contribution in [0.1, 0.15) is 72.8 Å². The Morgan fingerprint density at radius 3 is 2.12 bits per heavy atom. The lowest BCUT2D eigenvalue weighted by Crippen LogP contribution is -2.59. The molecule has 32 heavy (non-hydrogen) atoms. The lowest BCUT2D eigenvalue weighted by Gasteiger charge is -2.43. The second-order valence-corrected chi connectivity index (χ2v) is 13.7. The van der Waals surface area contributed by atoms with Gasteiger partial charge in [-0.25, -0.2) is 8.93 Å². The fraction of sp³-hybridized carbons (Fsp3) is 0.630. The molecule has 0 radical (unpaired) electrons. The second kappa shape index (κ2) is 8.73. The van der Waals surface area contributed by atoms with Crippen LogP contribution in [0.3, 0.4) is 0 Å². The van der Waals surface area contributed by atoms with Gasteiger partial charge in [0.1, 0.15) is 11.3 Å². The van der Waals surface area contributed by atoms with Crippen molar-refractivity contribution in [2.75, 3.05) is 13.2 Å². The topological polar surface area (TPSA) is 47.6 Å². The van der Waals surface area contributed by atoms with Gasteiger partial charge in [0.2, 0.25) is 0 Å². The Hall–Kier alpha value is -1.43. The number of hydrogen-bond acceptors (Lipinski definition) is 3. The highest BCUT2D eigenvalue weighted by atomic mass is 32.2. The number of hydrogen-bond donors (Lipinski definition) is 1. The van der Waals surface area contributed by atoms with Gasteiger partial charge in [0.15, 0.2) is 0 Å². The molecule has 0 spiro atoms. The van der Waals surface area contributed by atoms with E-state index in [0.29, 0.717) is 24.7 Å². The molecule has 176 valence electrons. The summed E-state index contributed by atoms with van der Waals surface area (Å²) >= 11 is 0. The van der Waals surface area contributed by atoms with Gasteiger partial charge in [-0.05, 0) is 92.3 Å². The van der Waals surface area contributed by atoms with Crippen LogP contribution in [0, 0.1) is 11.3 Å². The molecule has 5 heteroatoms. The van der Waals surface area contributed by atoms with E-state index in [9.17, 15) is 4.21 Å². The monoisotopic (exact) mass is 457 g/mol. The van der Waals surface area contributed by atoms with Crippen LogP contribution in [-0.2, 0) is 21.3 Å². The van der Waals surface area contributed by atoms with Crippen molar-refractivity contribution in [1.82, 2.24) is 4.72 Å². The van der Waals surface area contributed by atoms with Crippen molar-refractivity contribution in [1.29, 1.82) is 0 Å². The SMILES string of the molecule is CC(C)(C)C1CCC(Oc2ccc3cc(C4(NS(=O)C(C)(C)C)COC4)ccc3c2)CC1. The molecule has 4 rings (SSSR count). The predicted octanol–water partition coefficient (Wildman–Crippen LogP) is 6.10. The van der Waals surface area contributed by atoms with Gasteiger partial charge in [0, 0.05) is 0 Å². The van der Waals surface area contributed by atoms with E-state index in [1.165, 1.54) is 23.6 Å². The minimum absolute atomic E-state index is 0.317. The third-order valence-electron chi connectivity index (χ3n) is 7.11. The molecule has 1 saturated heterocycles. The zero-order valence-electron chi connectivity index (χ0n) is 20.5. The fourth-order valence-corrected chi connectivity index (χ4v) is 5.65. The third kappa shape index (κ3) is 5.05. The quantitative estimate of drug-likeness (QED) is 0.590. The van der Waals surface area contributed by atoms with E-state index >= 15 is 0 Å². The van der Waals surface area contributed by atoms with Crippen molar-refractivity contribution >= 4 is 21.8 Å². The molecule has 0 amide bonds. The Labute approximate surface area is 196 Å². The van der Waals surface area contributed by atoms with Crippen LogP contribution >= 0.6 is 0 Å². The molecule has 2 aromatic carbocycles. The smallest absolute Gasteiger partial charge is 0.120 e. The van der Waals surface area contributed by atoms with Crippen molar-refractivity contribution in [3.8, 4) is 5.75 Å². The molecule has 1 aliphatic heterocycles. The van der Waals surface area contributed by atoms with E-state index in [-0.39, 0.29) is 10.3 Å². The van der Waals surface area contributed by atoms with Gasteiger partial charge in [0.05, 0.1) is 35.1 Å². The first kappa shape index (κ1) is 23.7. The van der Waals surface area contributed by atoms with Crippen LogP contribution in [0.5, 0.6) is 5.75 Å². The van der Waals surface area contributed by atoms with E-state index in [2.05, 4.69) is 61.9 Å². The molecule has 1 atom stereocenters. The van der Waals surface area contributed by atoms with Crippen molar-refractivity contribution in [3.05, 3.63) is 42.0 Å². The summed E-state index contributed by atoms with van der Waals surface area (Å²) in [5.41, 5.74) is 1.14. The van der Waals surface area contributed by atoms with Gasteiger partial charge in [-0.1, -0.05) is 39.0 Å². The van der Waals surface area contributed by atoms with E-state index in [1.807, 2.05) is 20.8 Å². The minimum atomic E-state index is -1.16. The Morgan fingerprint density at radius 1 is 0.938 bits per heavy atom. The number of rotatable bonds is 5. The summed E-state index contributed by atoms with van der Waals surface area (Å²) < 4.78 is 27.7. The maximum Gasteiger partial charge on any atom is 0.120 e. The van der Waals surface area contributed by atoms with Crippen molar-refractivity contribution in [2.45, 2.75) is 83.6 Å². The lowest BCUT2D eigenvalue weighted by molar-refractivity contribution is -0.0659. The molecule has 1 saturated carbocycles. The van der Waals surface area contributed by atoms with Gasteiger partial charge in [-0.3, -0.25) is 0 Å². The molecule has 1 aliphatic carbocycles. The Kier molecular flexibility index (Phi) is 6.47. The summed E-state index contributed by atoms with van der Waals surface area (Å²) in [6.07, 6.45) is 5.09. The first-order chi connectivity index (χ1) is 15.0. The highest BCUT2D eigenvalue weighted by molar-refractivity contribution is 7.84. The third-order valence-corrected chi connectivity index (χ3v) is 8.80. The zero-order chi connectivity index (χ0) is 23.1. The summed E-state index contributed by atoms with van der Waals surface area (Å²) in [4.78, 5) is 0. The van der Waals surface area contributed by atoms with Crippen LogP contribution in [0.25, 0.3) is 10.8 Å². The molecular formula is C27H39NO3S. The molecule has 2 aromatic rings. The number of fused-ring (bicyclic) bond motifs is 1. The first-order valence-corrected chi connectivity index (χ1v) is 13.1. The largest absolute Gasteiger partial charge is 0.490 e. The van der Waals surface area contributed by atoms with E-state index < -0.39 is 11.0 Å². The van der Waals surface area contributed by atoms with Crippen LogP contribution in [0.4, 0.5) is 0 Å². The molecule has 1 unspecified atom stereocenters. The highest BCUT2D eigenvalue weighted by Crippen LogP contribution is 2.39. The Balaban J connectivity index is 1.46. The van der Waals surface area contributed by atoms with Gasteiger partial charge in [-0.15, -0.1) is 0 Å². The summed E-state index contributed by atoms with van der Waals surface area (Å²) in [6, 6.07) is 12.9. The molecule has 2 fully saturated rings. The van der Waals surface area contributed by atoms with Crippen LogP contribution in [0.15, 0.2) is 36.4 Å². The number of benzene rings is 2. The molecule has 1 heterocycles. The van der Waals surface area contributed by atoms with Gasteiger partial charge in [0.25, 0.3) is 0 Å². The number of nitrogens with one attached hydrogen (secondary N) is 1.